The van der Waals surface area contributed by atoms with Crippen molar-refractivity contribution in [2.45, 2.75) is 24.4 Å². The Hall–Kier alpha value is -1.45. The van der Waals surface area contributed by atoms with Crippen molar-refractivity contribution in [1.82, 2.24) is 14.9 Å². The van der Waals surface area contributed by atoms with Crippen LogP contribution in [0.4, 0.5) is 0 Å². The van der Waals surface area contributed by atoms with Gasteiger partial charge in [0.25, 0.3) is 5.91 Å². The number of sulfonamides is 1. The highest BCUT2D eigenvalue weighted by Crippen LogP contribution is 2.16. The lowest BCUT2D eigenvalue weighted by molar-refractivity contribution is 0.0655. The highest BCUT2D eigenvalue weighted by Gasteiger charge is 2.24. The predicted molar refractivity (Wildman–Crippen MR) is 105 cm³/mol. The molecule has 142 valence electrons. The number of nitrogens with zero attached hydrogens (tertiary/aromatic N) is 1. The molecule has 6 nitrogen and oxygen atoms in total. The number of thiophene rings is 1. The van der Waals surface area contributed by atoms with Gasteiger partial charge in [-0.05, 0) is 42.6 Å². The SMILES string of the molecule is C[C@@H]1CNCCN1C(=O)c1ccc(S(=O)(=O)NCc2cccs2)cc1.Cl. The van der Waals surface area contributed by atoms with Crippen LogP contribution in [0.3, 0.4) is 0 Å². The van der Waals surface area contributed by atoms with Gasteiger partial charge in [-0.1, -0.05) is 6.07 Å². The van der Waals surface area contributed by atoms with Crippen LogP contribution in [0, 0.1) is 0 Å². The number of rotatable bonds is 5. The Balaban J connectivity index is 0.00000243. The molecule has 0 saturated carbocycles. The van der Waals surface area contributed by atoms with Crippen molar-refractivity contribution < 1.29 is 13.2 Å². The van der Waals surface area contributed by atoms with Crippen LogP contribution in [0.2, 0.25) is 0 Å². The van der Waals surface area contributed by atoms with Gasteiger partial charge in [0.15, 0.2) is 0 Å². The molecule has 1 aromatic heterocycles. The van der Waals surface area contributed by atoms with Crippen LogP contribution >= 0.6 is 23.7 Å². The first kappa shape index (κ1) is 20.9. The summed E-state index contributed by atoms with van der Waals surface area (Å²) in [6, 6.07) is 10.0. The molecule has 1 fully saturated rings. The van der Waals surface area contributed by atoms with Crippen molar-refractivity contribution in [3.8, 4) is 0 Å². The monoisotopic (exact) mass is 415 g/mol. The van der Waals surface area contributed by atoms with Crippen LogP contribution in [0.5, 0.6) is 0 Å². The third kappa shape index (κ3) is 4.83. The maximum Gasteiger partial charge on any atom is 0.254 e. The zero-order chi connectivity index (χ0) is 17.9. The highest BCUT2D eigenvalue weighted by molar-refractivity contribution is 7.89. The van der Waals surface area contributed by atoms with Crippen molar-refractivity contribution in [3.05, 3.63) is 52.2 Å². The number of benzene rings is 1. The zero-order valence-electron chi connectivity index (χ0n) is 14.3. The second kappa shape index (κ2) is 8.96. The molecule has 1 aliphatic heterocycles. The summed E-state index contributed by atoms with van der Waals surface area (Å²) < 4.78 is 27.3. The van der Waals surface area contributed by atoms with E-state index in [9.17, 15) is 13.2 Å². The van der Waals surface area contributed by atoms with Gasteiger partial charge in [0.1, 0.15) is 0 Å². The van der Waals surface area contributed by atoms with E-state index in [-0.39, 0.29) is 35.8 Å². The van der Waals surface area contributed by atoms with Crippen LogP contribution in [0.15, 0.2) is 46.7 Å². The van der Waals surface area contributed by atoms with E-state index in [1.165, 1.54) is 23.5 Å². The van der Waals surface area contributed by atoms with E-state index in [2.05, 4.69) is 10.0 Å². The third-order valence-corrected chi connectivity index (χ3v) is 6.48. The van der Waals surface area contributed by atoms with Crippen LogP contribution in [-0.4, -0.2) is 44.9 Å². The summed E-state index contributed by atoms with van der Waals surface area (Å²) >= 11 is 1.50. The highest BCUT2D eigenvalue weighted by atomic mass is 35.5. The van der Waals surface area contributed by atoms with Gasteiger partial charge < -0.3 is 10.2 Å². The van der Waals surface area contributed by atoms with Crippen molar-refractivity contribution in [3.63, 3.8) is 0 Å². The molecule has 0 bridgehead atoms. The number of carbonyl (C=O) groups is 1. The number of amides is 1. The van der Waals surface area contributed by atoms with Gasteiger partial charge in [-0.2, -0.15) is 0 Å². The second-order valence-corrected chi connectivity index (χ2v) is 8.78. The van der Waals surface area contributed by atoms with E-state index < -0.39 is 10.0 Å². The Morgan fingerprint density at radius 3 is 2.65 bits per heavy atom. The fourth-order valence-corrected chi connectivity index (χ4v) is 4.49. The number of carbonyl (C=O) groups excluding carboxylic acids is 1. The standard InChI is InChI=1S/C17H21N3O3S2.ClH/c1-13-11-18-8-9-20(13)17(21)14-4-6-16(7-5-14)25(22,23)19-12-15-3-2-10-24-15;/h2-7,10,13,18-19H,8-9,11-12H2,1H3;1H/t13-;/m1./s1. The van der Waals surface area contributed by atoms with Gasteiger partial charge >= 0.3 is 0 Å². The molecule has 1 aromatic carbocycles. The first-order valence-electron chi connectivity index (χ1n) is 8.11. The number of nitrogens with one attached hydrogen (secondary N) is 2. The Kier molecular flexibility index (Phi) is 7.19. The lowest BCUT2D eigenvalue weighted by atomic mass is 10.1. The number of piperazine rings is 1. The van der Waals surface area contributed by atoms with Crippen molar-refractivity contribution in [2.24, 2.45) is 0 Å². The first-order chi connectivity index (χ1) is 12.0. The van der Waals surface area contributed by atoms with Crippen molar-refractivity contribution >= 4 is 39.7 Å². The average molecular weight is 416 g/mol. The molecule has 3 rings (SSSR count). The van der Waals surface area contributed by atoms with E-state index >= 15 is 0 Å². The topological polar surface area (TPSA) is 78.5 Å². The second-order valence-electron chi connectivity index (χ2n) is 5.98. The Labute approximate surface area is 164 Å². The maximum atomic E-state index is 12.6. The molecule has 0 radical (unpaired) electrons. The lowest BCUT2D eigenvalue weighted by Crippen LogP contribution is -2.52. The van der Waals surface area contributed by atoms with Gasteiger partial charge in [-0.25, -0.2) is 13.1 Å². The summed E-state index contributed by atoms with van der Waals surface area (Å²) in [4.78, 5) is 15.5. The fourth-order valence-electron chi connectivity index (χ4n) is 2.75. The van der Waals surface area contributed by atoms with E-state index in [1.54, 1.807) is 12.1 Å². The van der Waals surface area contributed by atoms with Crippen LogP contribution in [-0.2, 0) is 16.6 Å². The summed E-state index contributed by atoms with van der Waals surface area (Å²) in [5.74, 6) is -0.0653. The predicted octanol–water partition coefficient (Wildman–Crippen LogP) is 2.08. The normalized spacial score (nSPS) is 17.6. The summed E-state index contributed by atoms with van der Waals surface area (Å²) in [6.07, 6.45) is 0. The number of hydrogen-bond acceptors (Lipinski definition) is 5. The molecule has 0 spiro atoms. The van der Waals surface area contributed by atoms with E-state index in [0.29, 0.717) is 12.1 Å². The summed E-state index contributed by atoms with van der Waals surface area (Å²) in [7, 11) is -3.59. The van der Waals surface area contributed by atoms with Crippen LogP contribution < -0.4 is 10.0 Å². The fraction of sp³-hybridized carbons (Fsp3) is 0.353. The molecule has 2 aromatic rings. The van der Waals surface area contributed by atoms with Gasteiger partial charge in [0.2, 0.25) is 10.0 Å². The van der Waals surface area contributed by atoms with E-state index in [0.717, 1.165) is 18.0 Å². The molecule has 0 unspecified atom stereocenters. The summed E-state index contributed by atoms with van der Waals surface area (Å²) in [5.41, 5.74) is 0.506. The quantitative estimate of drug-likeness (QED) is 0.783. The first-order valence-corrected chi connectivity index (χ1v) is 10.5. The molecule has 1 amide bonds. The van der Waals surface area contributed by atoms with Crippen LogP contribution in [0.1, 0.15) is 22.2 Å². The molecule has 2 heterocycles. The minimum absolute atomic E-state index is 0. The van der Waals surface area contributed by atoms with Gasteiger partial charge in [0.05, 0.1) is 4.90 Å². The number of hydrogen-bond donors (Lipinski definition) is 2. The van der Waals surface area contributed by atoms with Gasteiger partial charge in [-0.3, -0.25) is 4.79 Å². The molecule has 26 heavy (non-hydrogen) atoms. The molecule has 1 atom stereocenters. The smallest absolute Gasteiger partial charge is 0.254 e. The largest absolute Gasteiger partial charge is 0.333 e. The Morgan fingerprint density at radius 2 is 2.04 bits per heavy atom. The molecule has 1 saturated heterocycles. The molecule has 0 aliphatic carbocycles. The molecular formula is C17H22ClN3O3S2. The molecule has 2 N–H and O–H groups in total. The van der Waals surface area contributed by atoms with Gasteiger partial charge in [-0.15, -0.1) is 23.7 Å². The van der Waals surface area contributed by atoms with Crippen molar-refractivity contribution in [1.29, 1.82) is 0 Å². The summed E-state index contributed by atoms with van der Waals surface area (Å²) in [5, 5.41) is 5.15. The minimum atomic E-state index is -3.59. The zero-order valence-corrected chi connectivity index (χ0v) is 16.8. The molecule has 1 aliphatic rings. The van der Waals surface area contributed by atoms with Crippen LogP contribution in [0.25, 0.3) is 0 Å². The third-order valence-electron chi connectivity index (χ3n) is 4.19. The Morgan fingerprint density at radius 1 is 1.31 bits per heavy atom. The maximum absolute atomic E-state index is 12.6. The van der Waals surface area contributed by atoms with E-state index in [4.69, 9.17) is 0 Å². The average Bonchev–Trinajstić information content (AvgIpc) is 3.14. The number of halogens is 1. The van der Waals surface area contributed by atoms with E-state index in [1.807, 2.05) is 29.3 Å². The molecular weight excluding hydrogens is 394 g/mol. The Bertz CT molecular complexity index is 823. The minimum Gasteiger partial charge on any atom is -0.333 e. The van der Waals surface area contributed by atoms with Crippen molar-refractivity contribution in [2.75, 3.05) is 19.6 Å². The lowest BCUT2D eigenvalue weighted by Gasteiger charge is -2.34. The molecule has 9 heteroatoms. The summed E-state index contributed by atoms with van der Waals surface area (Å²) in [6.45, 7) is 4.46. The van der Waals surface area contributed by atoms with Gasteiger partial charge in [0, 0.05) is 42.7 Å².